The molecule has 0 radical (unpaired) electrons. The van der Waals surface area contributed by atoms with E-state index in [0.29, 0.717) is 24.3 Å². The zero-order valence-electron chi connectivity index (χ0n) is 39.8. The summed E-state index contributed by atoms with van der Waals surface area (Å²) in [5, 5.41) is 23.4. The molecule has 0 aliphatic rings. The van der Waals surface area contributed by atoms with Gasteiger partial charge in [0.1, 0.15) is 18.8 Å². The molecule has 0 aliphatic heterocycles. The number of carbonyl (C=O) groups excluding carboxylic acids is 4. The Hall–Kier alpha value is -3.61. The summed E-state index contributed by atoms with van der Waals surface area (Å²) in [6.45, 7) is 4.71. The van der Waals surface area contributed by atoms with Gasteiger partial charge in [0, 0.05) is 49.3 Å². The van der Waals surface area contributed by atoms with Gasteiger partial charge in [0.05, 0.1) is 0 Å². The number of aliphatic carboxylic acids is 2. The summed E-state index contributed by atoms with van der Waals surface area (Å²) in [7, 11) is 0. The molecular formula is C51H86N2O10S. The van der Waals surface area contributed by atoms with Crippen LogP contribution in [0.1, 0.15) is 229 Å². The van der Waals surface area contributed by atoms with Gasteiger partial charge in [-0.25, -0.2) is 4.79 Å². The van der Waals surface area contributed by atoms with Gasteiger partial charge >= 0.3 is 23.9 Å². The van der Waals surface area contributed by atoms with Crippen molar-refractivity contribution in [2.75, 3.05) is 18.1 Å². The minimum Gasteiger partial charge on any atom is -0.481 e. The average Bonchev–Trinajstić information content (AvgIpc) is 3.27. The smallest absolute Gasteiger partial charge is 0.326 e. The molecule has 12 nitrogen and oxygen atoms in total. The molecule has 1 aromatic carbocycles. The third kappa shape index (κ3) is 34.8. The SMILES string of the molecule is CCCCCCCCCCCCCCCC(=O)OCC(CSCCC(=O)NCc1ccc(C(=O)NC(CCC(=O)O)C(=O)O)cc1)OC(=O)CCCCCCCCCCCCCCC. The van der Waals surface area contributed by atoms with E-state index in [1.807, 2.05) is 0 Å². The Morgan fingerprint density at radius 3 is 1.48 bits per heavy atom. The highest BCUT2D eigenvalue weighted by Gasteiger charge is 2.22. The number of benzene rings is 1. The van der Waals surface area contributed by atoms with Crippen LogP contribution in [0.2, 0.25) is 0 Å². The van der Waals surface area contributed by atoms with Crippen LogP contribution in [0.4, 0.5) is 0 Å². The number of hydrogen-bond donors (Lipinski definition) is 4. The van der Waals surface area contributed by atoms with Crippen LogP contribution in [0.3, 0.4) is 0 Å². The standard InChI is InChI=1S/C51H86N2O10S/c1-3-5-7-9-11-13-15-17-19-21-23-25-27-29-48(57)62-40-44(63-49(58)30-28-26-24-22-20-18-16-14-12-10-8-6-4-2)41-64-38-37-46(54)52-39-42-31-33-43(34-32-42)50(59)53-45(51(60)61)35-36-47(55)56/h31-34,44-45H,3-30,35-41H2,1-2H3,(H,52,54)(H,53,59)(H,55,56)(H,60,61). The van der Waals surface area contributed by atoms with E-state index in [1.165, 1.54) is 152 Å². The maximum Gasteiger partial charge on any atom is 0.326 e. The maximum absolute atomic E-state index is 12.8. The summed E-state index contributed by atoms with van der Waals surface area (Å²) in [5.41, 5.74) is 0.937. The van der Waals surface area contributed by atoms with E-state index < -0.39 is 36.4 Å². The molecule has 0 aromatic heterocycles. The van der Waals surface area contributed by atoms with Crippen LogP contribution in [0.5, 0.6) is 0 Å². The largest absolute Gasteiger partial charge is 0.481 e. The van der Waals surface area contributed by atoms with E-state index in [0.717, 1.165) is 44.1 Å². The summed E-state index contributed by atoms with van der Waals surface area (Å²) < 4.78 is 11.4. The third-order valence-electron chi connectivity index (χ3n) is 11.4. The van der Waals surface area contributed by atoms with E-state index in [1.54, 1.807) is 12.1 Å². The van der Waals surface area contributed by atoms with Crippen molar-refractivity contribution in [2.45, 2.75) is 232 Å². The number of rotatable bonds is 44. The van der Waals surface area contributed by atoms with Crippen LogP contribution < -0.4 is 10.6 Å². The predicted octanol–water partition coefficient (Wildman–Crippen LogP) is 11.9. The van der Waals surface area contributed by atoms with Crippen molar-refractivity contribution in [3.63, 3.8) is 0 Å². The Labute approximate surface area is 390 Å². The minimum absolute atomic E-state index is 0.00582. The number of nitrogens with one attached hydrogen (secondary N) is 2. The highest BCUT2D eigenvalue weighted by molar-refractivity contribution is 7.99. The number of ether oxygens (including phenoxy) is 2. The lowest BCUT2D eigenvalue weighted by Crippen LogP contribution is -2.41. The summed E-state index contributed by atoms with van der Waals surface area (Å²) in [5.74, 6) is -3.00. The predicted molar refractivity (Wildman–Crippen MR) is 257 cm³/mol. The van der Waals surface area contributed by atoms with Gasteiger partial charge in [-0.2, -0.15) is 11.8 Å². The zero-order valence-corrected chi connectivity index (χ0v) is 40.6. The van der Waals surface area contributed by atoms with Gasteiger partial charge in [-0.05, 0) is 37.0 Å². The molecule has 366 valence electrons. The molecule has 0 aliphatic carbocycles. The molecule has 0 bridgehead atoms. The molecule has 2 unspecified atom stereocenters. The second-order valence-electron chi connectivity index (χ2n) is 17.4. The van der Waals surface area contributed by atoms with Crippen LogP contribution in [-0.2, 0) is 40.0 Å². The molecule has 1 aromatic rings. The van der Waals surface area contributed by atoms with Gasteiger partial charge in [-0.3, -0.25) is 24.0 Å². The topological polar surface area (TPSA) is 185 Å². The van der Waals surface area contributed by atoms with Crippen molar-refractivity contribution in [3.05, 3.63) is 35.4 Å². The van der Waals surface area contributed by atoms with Crippen LogP contribution in [0.15, 0.2) is 24.3 Å². The molecule has 0 saturated carbocycles. The summed E-state index contributed by atoms with van der Waals surface area (Å²) in [6, 6.07) is 4.98. The number of carboxylic acids is 2. The molecule has 0 fully saturated rings. The van der Waals surface area contributed by atoms with E-state index in [2.05, 4.69) is 24.5 Å². The van der Waals surface area contributed by atoms with Gasteiger partial charge in [-0.15, -0.1) is 0 Å². The molecule has 13 heteroatoms. The normalized spacial score (nSPS) is 12.0. The summed E-state index contributed by atoms with van der Waals surface area (Å²) >= 11 is 1.46. The lowest BCUT2D eigenvalue weighted by atomic mass is 10.0. The Balaban J connectivity index is 2.46. The van der Waals surface area contributed by atoms with Crippen molar-refractivity contribution >= 4 is 47.5 Å². The van der Waals surface area contributed by atoms with E-state index in [4.69, 9.17) is 14.6 Å². The fraction of sp³-hybridized carbons (Fsp3) is 0.765. The molecule has 4 N–H and O–H groups in total. The van der Waals surface area contributed by atoms with Gasteiger partial charge in [0.2, 0.25) is 5.91 Å². The fourth-order valence-electron chi connectivity index (χ4n) is 7.40. The van der Waals surface area contributed by atoms with Gasteiger partial charge in [-0.1, -0.05) is 180 Å². The van der Waals surface area contributed by atoms with Crippen LogP contribution in [-0.4, -0.2) is 76.2 Å². The lowest BCUT2D eigenvalue weighted by molar-refractivity contribution is -0.157. The Morgan fingerprint density at radius 1 is 0.578 bits per heavy atom. The molecule has 0 spiro atoms. The quantitative estimate of drug-likeness (QED) is 0.0361. The molecule has 2 atom stereocenters. The van der Waals surface area contributed by atoms with Crippen molar-refractivity contribution in [3.8, 4) is 0 Å². The summed E-state index contributed by atoms with van der Waals surface area (Å²) in [4.78, 5) is 72.9. The average molecular weight is 919 g/mol. The molecule has 64 heavy (non-hydrogen) atoms. The maximum atomic E-state index is 12.8. The van der Waals surface area contributed by atoms with E-state index >= 15 is 0 Å². The molecule has 0 saturated heterocycles. The third-order valence-corrected chi connectivity index (χ3v) is 12.5. The van der Waals surface area contributed by atoms with Crippen molar-refractivity contribution in [2.24, 2.45) is 0 Å². The molecule has 2 amide bonds. The Morgan fingerprint density at radius 2 is 1.03 bits per heavy atom. The van der Waals surface area contributed by atoms with Gasteiger partial charge in [0.15, 0.2) is 0 Å². The molecule has 1 rings (SSSR count). The number of esters is 2. The monoisotopic (exact) mass is 919 g/mol. The fourth-order valence-corrected chi connectivity index (χ4v) is 8.33. The summed E-state index contributed by atoms with van der Waals surface area (Å²) in [6.07, 6.45) is 31.6. The van der Waals surface area contributed by atoms with Gasteiger partial charge in [0.25, 0.3) is 5.91 Å². The first-order valence-electron chi connectivity index (χ1n) is 25.1. The number of hydrogen-bond acceptors (Lipinski definition) is 9. The Bertz CT molecular complexity index is 1390. The number of carboxylic acid groups (broad SMARTS) is 2. The second kappa shape index (κ2) is 40.9. The number of carbonyl (C=O) groups is 6. The molecule has 0 heterocycles. The highest BCUT2D eigenvalue weighted by Crippen LogP contribution is 2.17. The van der Waals surface area contributed by atoms with E-state index in [-0.39, 0.29) is 49.4 Å². The molecular weight excluding hydrogens is 833 g/mol. The van der Waals surface area contributed by atoms with E-state index in [9.17, 15) is 33.9 Å². The van der Waals surface area contributed by atoms with Crippen LogP contribution >= 0.6 is 11.8 Å². The van der Waals surface area contributed by atoms with Crippen LogP contribution in [0, 0.1) is 0 Å². The second-order valence-corrected chi connectivity index (χ2v) is 18.5. The first kappa shape index (κ1) is 58.4. The van der Waals surface area contributed by atoms with Gasteiger partial charge < -0.3 is 30.3 Å². The van der Waals surface area contributed by atoms with Crippen molar-refractivity contribution in [1.29, 1.82) is 0 Å². The first-order valence-corrected chi connectivity index (χ1v) is 26.2. The lowest BCUT2D eigenvalue weighted by Gasteiger charge is -2.18. The first-order chi connectivity index (χ1) is 31.0. The number of unbranched alkanes of at least 4 members (excludes halogenated alkanes) is 24. The highest BCUT2D eigenvalue weighted by atomic mass is 32.2. The number of thioether (sulfide) groups is 1. The van der Waals surface area contributed by atoms with Crippen LogP contribution in [0.25, 0.3) is 0 Å². The minimum atomic E-state index is -1.33. The van der Waals surface area contributed by atoms with Crippen molar-refractivity contribution in [1.82, 2.24) is 10.6 Å². The number of amides is 2. The zero-order chi connectivity index (χ0) is 46.9. The Kier molecular flexibility index (Phi) is 37.3. The van der Waals surface area contributed by atoms with Crippen molar-refractivity contribution < 1.29 is 48.5 Å².